The zero-order valence-electron chi connectivity index (χ0n) is 9.00. The van der Waals surface area contributed by atoms with Crippen molar-refractivity contribution in [2.75, 3.05) is 0 Å². The van der Waals surface area contributed by atoms with Crippen LogP contribution in [0.1, 0.15) is 30.1 Å². The van der Waals surface area contributed by atoms with Gasteiger partial charge in [-0.3, -0.25) is 5.10 Å². The maximum Gasteiger partial charge on any atom is 0.144 e. The van der Waals surface area contributed by atoms with E-state index in [1.807, 2.05) is 6.20 Å². The molecule has 0 aliphatic heterocycles. The van der Waals surface area contributed by atoms with Gasteiger partial charge in [0.25, 0.3) is 0 Å². The number of aryl methyl sites for hydroxylation is 1. The average Bonchev–Trinajstić information content (AvgIpc) is 3.01. The number of hydrogen-bond donors (Lipinski definition) is 1. The maximum absolute atomic E-state index is 13.1. The van der Waals surface area contributed by atoms with Crippen LogP contribution >= 0.6 is 0 Å². The molecule has 1 fully saturated rings. The van der Waals surface area contributed by atoms with Crippen molar-refractivity contribution < 1.29 is 4.39 Å². The maximum atomic E-state index is 13.1. The predicted molar refractivity (Wildman–Crippen MR) is 58.5 cm³/mol. The second-order valence-electron chi connectivity index (χ2n) is 4.22. The third-order valence-corrected chi connectivity index (χ3v) is 2.93. The van der Waals surface area contributed by atoms with Crippen molar-refractivity contribution in [3.63, 3.8) is 0 Å². The lowest BCUT2D eigenvalue weighted by atomic mass is 10.1. The molecule has 2 aromatic heterocycles. The van der Waals surface area contributed by atoms with Crippen LogP contribution in [0.5, 0.6) is 0 Å². The van der Waals surface area contributed by atoms with Crippen molar-refractivity contribution in [3.05, 3.63) is 35.5 Å². The van der Waals surface area contributed by atoms with E-state index in [1.165, 1.54) is 18.9 Å². The second-order valence-corrected chi connectivity index (χ2v) is 4.22. The summed E-state index contributed by atoms with van der Waals surface area (Å²) in [6, 6.07) is 3.17. The van der Waals surface area contributed by atoms with Crippen molar-refractivity contribution in [2.45, 2.75) is 25.7 Å². The minimum absolute atomic E-state index is 0.264. The number of H-pyrrole nitrogens is 1. The molecule has 1 saturated carbocycles. The molecule has 16 heavy (non-hydrogen) atoms. The molecule has 0 radical (unpaired) electrons. The average molecular weight is 217 g/mol. The minimum atomic E-state index is -0.264. The van der Waals surface area contributed by atoms with Crippen LogP contribution in [-0.4, -0.2) is 15.2 Å². The molecular weight excluding hydrogens is 205 g/mol. The third-order valence-electron chi connectivity index (χ3n) is 2.93. The van der Waals surface area contributed by atoms with Gasteiger partial charge in [-0.15, -0.1) is 0 Å². The molecule has 3 rings (SSSR count). The van der Waals surface area contributed by atoms with Crippen molar-refractivity contribution >= 4 is 0 Å². The molecule has 0 amide bonds. The fourth-order valence-corrected chi connectivity index (χ4v) is 1.87. The van der Waals surface area contributed by atoms with Gasteiger partial charge < -0.3 is 0 Å². The number of aromatic amines is 1. The Morgan fingerprint density at radius 1 is 1.38 bits per heavy atom. The highest BCUT2D eigenvalue weighted by Gasteiger charge is 2.29. The van der Waals surface area contributed by atoms with Crippen LogP contribution in [0.2, 0.25) is 0 Å². The molecule has 0 saturated heterocycles. The molecular formula is C12H12FN3. The van der Waals surface area contributed by atoms with E-state index < -0.39 is 0 Å². The number of nitrogens with zero attached hydrogens (tertiary/aromatic N) is 2. The molecule has 2 heterocycles. The van der Waals surface area contributed by atoms with Crippen LogP contribution in [0.4, 0.5) is 4.39 Å². The summed E-state index contributed by atoms with van der Waals surface area (Å²) in [7, 11) is 0. The number of hydrogen-bond acceptors (Lipinski definition) is 2. The molecule has 0 aromatic carbocycles. The minimum Gasteiger partial charge on any atom is -0.285 e. The summed E-state index contributed by atoms with van der Waals surface area (Å²) >= 11 is 0. The summed E-state index contributed by atoms with van der Waals surface area (Å²) in [6.45, 7) is 1.68. The second kappa shape index (κ2) is 3.40. The first kappa shape index (κ1) is 9.51. The van der Waals surface area contributed by atoms with Crippen LogP contribution in [0.25, 0.3) is 11.3 Å². The molecule has 3 nitrogen and oxygen atoms in total. The first-order valence-electron chi connectivity index (χ1n) is 5.43. The van der Waals surface area contributed by atoms with Gasteiger partial charge in [-0.1, -0.05) is 0 Å². The molecule has 1 N–H and O–H groups in total. The molecule has 0 bridgehead atoms. The summed E-state index contributed by atoms with van der Waals surface area (Å²) in [5, 5.41) is 7.12. The number of rotatable bonds is 2. The molecule has 0 spiro atoms. The van der Waals surface area contributed by atoms with Gasteiger partial charge in [-0.2, -0.15) is 5.10 Å². The van der Waals surface area contributed by atoms with E-state index in [2.05, 4.69) is 15.2 Å². The van der Waals surface area contributed by atoms with Crippen LogP contribution in [0.3, 0.4) is 0 Å². The monoisotopic (exact) mass is 217 g/mol. The summed E-state index contributed by atoms with van der Waals surface area (Å²) < 4.78 is 13.1. The molecule has 82 valence electrons. The lowest BCUT2D eigenvalue weighted by molar-refractivity contribution is 0.610. The van der Waals surface area contributed by atoms with Crippen molar-refractivity contribution in [3.8, 4) is 11.3 Å². The summed E-state index contributed by atoms with van der Waals surface area (Å²) in [5.41, 5.74) is 3.30. The van der Waals surface area contributed by atoms with Crippen molar-refractivity contribution in [2.24, 2.45) is 0 Å². The van der Waals surface area contributed by atoms with E-state index in [1.54, 1.807) is 13.0 Å². The zero-order valence-corrected chi connectivity index (χ0v) is 9.00. The Bertz CT molecular complexity index is 529. The van der Waals surface area contributed by atoms with Crippen LogP contribution < -0.4 is 0 Å². The topological polar surface area (TPSA) is 41.6 Å². The van der Waals surface area contributed by atoms with Gasteiger partial charge in [0.1, 0.15) is 5.82 Å². The number of halogens is 1. The van der Waals surface area contributed by atoms with Crippen LogP contribution in [0, 0.1) is 12.7 Å². The van der Waals surface area contributed by atoms with E-state index in [4.69, 9.17) is 0 Å². The summed E-state index contributed by atoms with van der Waals surface area (Å²) in [4.78, 5) is 4.25. The first-order valence-corrected chi connectivity index (χ1v) is 5.43. The van der Waals surface area contributed by atoms with E-state index in [0.717, 1.165) is 17.0 Å². The fourth-order valence-electron chi connectivity index (χ4n) is 1.87. The van der Waals surface area contributed by atoms with Gasteiger partial charge in [-0.05, 0) is 31.9 Å². The molecule has 0 atom stereocenters. The van der Waals surface area contributed by atoms with E-state index in [9.17, 15) is 4.39 Å². The lowest BCUT2D eigenvalue weighted by Crippen LogP contribution is -1.92. The van der Waals surface area contributed by atoms with Crippen molar-refractivity contribution in [1.82, 2.24) is 15.2 Å². The smallest absolute Gasteiger partial charge is 0.144 e. The lowest BCUT2D eigenvalue weighted by Gasteiger charge is -2.02. The van der Waals surface area contributed by atoms with Gasteiger partial charge >= 0.3 is 0 Å². The zero-order chi connectivity index (χ0) is 11.1. The van der Waals surface area contributed by atoms with Gasteiger partial charge in [0, 0.05) is 17.7 Å². The number of nitrogens with one attached hydrogen (secondary N) is 1. The molecule has 1 aliphatic carbocycles. The Morgan fingerprint density at radius 3 is 2.88 bits per heavy atom. The molecule has 4 heteroatoms. The van der Waals surface area contributed by atoms with E-state index >= 15 is 0 Å². The third kappa shape index (κ3) is 1.50. The molecule has 0 unspecified atom stereocenters. The van der Waals surface area contributed by atoms with Crippen LogP contribution in [0.15, 0.2) is 18.3 Å². The van der Waals surface area contributed by atoms with Crippen molar-refractivity contribution in [1.29, 1.82) is 0 Å². The summed E-state index contributed by atoms with van der Waals surface area (Å²) in [6.07, 6.45) is 4.23. The quantitative estimate of drug-likeness (QED) is 0.840. The Morgan fingerprint density at radius 2 is 2.19 bits per heavy atom. The Balaban J connectivity index is 2.07. The van der Waals surface area contributed by atoms with Gasteiger partial charge in [0.05, 0.1) is 17.1 Å². The van der Waals surface area contributed by atoms with Gasteiger partial charge in [0.15, 0.2) is 0 Å². The molecule has 1 aliphatic rings. The van der Waals surface area contributed by atoms with Crippen LogP contribution in [-0.2, 0) is 0 Å². The normalized spacial score (nSPS) is 15.4. The van der Waals surface area contributed by atoms with Gasteiger partial charge in [0.2, 0.25) is 0 Å². The standard InChI is InChI=1S/C12H12FN3/c1-7-10(13)4-5-11(15-7)9-6-14-16-12(9)8-2-3-8/h4-6,8H,2-3H2,1H3,(H,14,16). The molecule has 2 aromatic rings. The predicted octanol–water partition coefficient (Wildman–Crippen LogP) is 2.80. The Hall–Kier alpha value is -1.71. The first-order chi connectivity index (χ1) is 7.75. The highest BCUT2D eigenvalue weighted by atomic mass is 19.1. The van der Waals surface area contributed by atoms with E-state index in [-0.39, 0.29) is 5.82 Å². The number of pyridine rings is 1. The summed E-state index contributed by atoms with van der Waals surface area (Å²) in [5.74, 6) is 0.300. The van der Waals surface area contributed by atoms with E-state index in [0.29, 0.717) is 11.6 Å². The highest BCUT2D eigenvalue weighted by molar-refractivity contribution is 5.62. The highest BCUT2D eigenvalue weighted by Crippen LogP contribution is 2.42. The Labute approximate surface area is 92.7 Å². The largest absolute Gasteiger partial charge is 0.285 e. The fraction of sp³-hybridized carbons (Fsp3) is 0.333. The number of aromatic nitrogens is 3. The SMILES string of the molecule is Cc1nc(-c2c[nH]nc2C2CC2)ccc1F. The van der Waals surface area contributed by atoms with Gasteiger partial charge in [-0.25, -0.2) is 9.37 Å². The Kier molecular flexibility index (Phi) is 2.02.